The van der Waals surface area contributed by atoms with Gasteiger partial charge in [-0.05, 0) is 37.0 Å². The van der Waals surface area contributed by atoms with Gasteiger partial charge in [-0.25, -0.2) is 4.79 Å². The topological polar surface area (TPSA) is 228 Å². The van der Waals surface area contributed by atoms with Gasteiger partial charge in [0.25, 0.3) is 0 Å². The number of carbonyl (C=O) groups is 5. The molecule has 0 aromatic heterocycles. The second-order valence-electron chi connectivity index (χ2n) is 8.76. The normalized spacial score (nSPS) is 15.2. The van der Waals surface area contributed by atoms with Crippen molar-refractivity contribution < 1.29 is 44.4 Å². The van der Waals surface area contributed by atoms with Crippen LogP contribution in [0.3, 0.4) is 0 Å². The first-order valence-electron chi connectivity index (χ1n) is 11.3. The summed E-state index contributed by atoms with van der Waals surface area (Å²) in [4.78, 5) is 60.6. The number of carbonyl (C=O) groups excluding carboxylic acids is 3. The Hall–Kier alpha value is -3.71. The molecular formula is C23H34N4O9. The summed E-state index contributed by atoms with van der Waals surface area (Å²) < 4.78 is 0. The van der Waals surface area contributed by atoms with Gasteiger partial charge >= 0.3 is 11.9 Å². The van der Waals surface area contributed by atoms with Crippen molar-refractivity contribution >= 4 is 29.7 Å². The smallest absolute Gasteiger partial charge is 0.326 e. The average molecular weight is 511 g/mol. The highest BCUT2D eigenvalue weighted by Crippen LogP contribution is 2.13. The zero-order valence-corrected chi connectivity index (χ0v) is 20.3. The van der Waals surface area contributed by atoms with E-state index in [2.05, 4.69) is 16.0 Å². The highest BCUT2D eigenvalue weighted by Gasteiger charge is 2.32. The molecule has 0 spiro atoms. The van der Waals surface area contributed by atoms with Gasteiger partial charge in [-0.3, -0.25) is 19.2 Å². The minimum absolute atomic E-state index is 0.00709. The Labute approximate surface area is 208 Å². The molecule has 0 fully saturated rings. The van der Waals surface area contributed by atoms with Gasteiger partial charge in [0.2, 0.25) is 17.7 Å². The van der Waals surface area contributed by atoms with E-state index in [-0.39, 0.29) is 18.6 Å². The van der Waals surface area contributed by atoms with Crippen LogP contribution in [0.15, 0.2) is 24.3 Å². The Morgan fingerprint density at radius 2 is 1.42 bits per heavy atom. The summed E-state index contributed by atoms with van der Waals surface area (Å²) in [5, 5.41) is 44.4. The van der Waals surface area contributed by atoms with E-state index in [1.54, 1.807) is 13.8 Å². The third-order valence-electron chi connectivity index (χ3n) is 5.34. The fourth-order valence-corrected chi connectivity index (χ4v) is 3.14. The molecule has 36 heavy (non-hydrogen) atoms. The largest absolute Gasteiger partial charge is 0.508 e. The monoisotopic (exact) mass is 510 g/mol. The number of amides is 3. The van der Waals surface area contributed by atoms with Crippen molar-refractivity contribution in [3.63, 3.8) is 0 Å². The second-order valence-corrected chi connectivity index (χ2v) is 8.76. The van der Waals surface area contributed by atoms with Gasteiger partial charge in [-0.2, -0.15) is 0 Å². The minimum atomic E-state index is -1.48. The number of aromatic hydroxyl groups is 1. The highest BCUT2D eigenvalue weighted by molar-refractivity contribution is 5.94. The number of rotatable bonds is 14. The molecule has 1 aromatic rings. The molecule has 0 saturated heterocycles. The molecule has 9 N–H and O–H groups in total. The first-order valence-corrected chi connectivity index (χ1v) is 11.3. The molecule has 0 bridgehead atoms. The molecule has 200 valence electrons. The Balaban J connectivity index is 3.09. The third-order valence-corrected chi connectivity index (χ3v) is 5.34. The molecule has 0 aliphatic heterocycles. The van der Waals surface area contributed by atoms with Crippen LogP contribution < -0.4 is 21.7 Å². The van der Waals surface area contributed by atoms with Gasteiger partial charge < -0.3 is 42.1 Å². The summed E-state index contributed by atoms with van der Waals surface area (Å²) in [5.74, 6) is -5.60. The lowest BCUT2D eigenvalue weighted by atomic mass is 10.00. The molecule has 1 rings (SSSR count). The summed E-state index contributed by atoms with van der Waals surface area (Å²) in [6.07, 6.45) is -2.09. The van der Waals surface area contributed by atoms with Crippen LogP contribution in [0.25, 0.3) is 0 Å². The minimum Gasteiger partial charge on any atom is -0.508 e. The number of nitrogens with one attached hydrogen (secondary N) is 3. The van der Waals surface area contributed by atoms with Crippen molar-refractivity contribution in [1.82, 2.24) is 16.0 Å². The molecule has 0 radical (unpaired) electrons. The van der Waals surface area contributed by atoms with Crippen molar-refractivity contribution in [3.8, 4) is 5.75 Å². The number of aliphatic carboxylic acids is 2. The van der Waals surface area contributed by atoms with E-state index in [4.69, 9.17) is 10.8 Å². The van der Waals surface area contributed by atoms with E-state index in [9.17, 15) is 39.3 Å². The fourth-order valence-electron chi connectivity index (χ4n) is 3.14. The zero-order valence-electron chi connectivity index (χ0n) is 20.3. The summed E-state index contributed by atoms with van der Waals surface area (Å²) in [6.45, 7) is 4.52. The quantitative estimate of drug-likeness (QED) is 0.147. The van der Waals surface area contributed by atoms with Crippen molar-refractivity contribution in [2.24, 2.45) is 11.7 Å². The summed E-state index contributed by atoms with van der Waals surface area (Å²) in [5.41, 5.74) is 6.22. The van der Waals surface area contributed by atoms with Crippen LogP contribution in [0.1, 0.15) is 39.2 Å². The summed E-state index contributed by atoms with van der Waals surface area (Å²) >= 11 is 0. The number of nitrogens with two attached hydrogens (primary N) is 1. The Morgan fingerprint density at radius 3 is 1.89 bits per heavy atom. The molecule has 0 heterocycles. The fraction of sp³-hybridized carbons (Fsp3) is 0.522. The molecule has 0 aliphatic carbocycles. The number of aliphatic hydroxyl groups excluding tert-OH is 1. The molecule has 3 amide bonds. The van der Waals surface area contributed by atoms with E-state index in [0.717, 1.165) is 0 Å². The maximum atomic E-state index is 13.1. The van der Waals surface area contributed by atoms with Gasteiger partial charge in [0.1, 0.15) is 29.9 Å². The number of phenols is 1. The van der Waals surface area contributed by atoms with Crippen LogP contribution in [0.2, 0.25) is 0 Å². The number of hydrogen-bond donors (Lipinski definition) is 8. The number of benzene rings is 1. The van der Waals surface area contributed by atoms with Crippen LogP contribution in [-0.4, -0.2) is 80.4 Å². The van der Waals surface area contributed by atoms with Crippen LogP contribution >= 0.6 is 0 Å². The Morgan fingerprint density at radius 1 is 0.861 bits per heavy atom. The molecule has 5 atom stereocenters. The number of aliphatic hydroxyl groups is 1. The number of phenolic OH excluding ortho intramolecular Hbond substituents is 1. The van der Waals surface area contributed by atoms with Gasteiger partial charge in [-0.1, -0.05) is 26.0 Å². The van der Waals surface area contributed by atoms with Gasteiger partial charge in [0.05, 0.1) is 6.10 Å². The maximum Gasteiger partial charge on any atom is 0.326 e. The van der Waals surface area contributed by atoms with Crippen LogP contribution in [0, 0.1) is 5.92 Å². The van der Waals surface area contributed by atoms with Crippen molar-refractivity contribution in [1.29, 1.82) is 0 Å². The SMILES string of the molecule is CC(C)C(NC(=O)C(Cc1ccc(O)cc1)NC(=O)C(N)C(C)O)C(=O)NC(CCC(=O)O)C(=O)O. The lowest BCUT2D eigenvalue weighted by Gasteiger charge is -2.27. The molecular weight excluding hydrogens is 476 g/mol. The average Bonchev–Trinajstić information content (AvgIpc) is 2.79. The van der Waals surface area contributed by atoms with Crippen molar-refractivity contribution in [2.75, 3.05) is 0 Å². The molecule has 5 unspecified atom stereocenters. The molecule has 13 heteroatoms. The van der Waals surface area contributed by atoms with E-state index in [1.165, 1.54) is 31.2 Å². The Bertz CT molecular complexity index is 934. The molecule has 0 saturated carbocycles. The molecule has 1 aromatic carbocycles. The van der Waals surface area contributed by atoms with Crippen LogP contribution in [0.4, 0.5) is 0 Å². The van der Waals surface area contributed by atoms with E-state index in [0.29, 0.717) is 5.56 Å². The van der Waals surface area contributed by atoms with Crippen molar-refractivity contribution in [2.45, 2.75) is 70.3 Å². The first kappa shape index (κ1) is 30.3. The number of hydrogen-bond acceptors (Lipinski definition) is 8. The van der Waals surface area contributed by atoms with Gasteiger partial charge in [-0.15, -0.1) is 0 Å². The standard InChI is InChI=1S/C23H34N4O9/c1-11(2)19(22(34)25-15(23(35)36)8-9-17(30)31)27-20(32)16(26-21(33)18(24)12(3)28)10-13-4-6-14(29)7-5-13/h4-7,11-12,15-16,18-19,28-29H,8-10,24H2,1-3H3,(H,25,34)(H,26,33)(H,27,32)(H,30,31)(H,35,36). The van der Waals surface area contributed by atoms with E-state index >= 15 is 0 Å². The predicted molar refractivity (Wildman–Crippen MR) is 127 cm³/mol. The number of carboxylic acid groups (broad SMARTS) is 2. The third kappa shape index (κ3) is 9.88. The van der Waals surface area contributed by atoms with Crippen LogP contribution in [0.5, 0.6) is 5.75 Å². The van der Waals surface area contributed by atoms with Crippen molar-refractivity contribution in [3.05, 3.63) is 29.8 Å². The number of carboxylic acids is 2. The first-order chi connectivity index (χ1) is 16.7. The van der Waals surface area contributed by atoms with Crippen LogP contribution in [-0.2, 0) is 30.4 Å². The van der Waals surface area contributed by atoms with E-state index < -0.39 is 72.3 Å². The Kier molecular flexibility index (Phi) is 11.8. The molecule has 0 aliphatic rings. The van der Waals surface area contributed by atoms with Gasteiger partial charge in [0, 0.05) is 12.8 Å². The zero-order chi connectivity index (χ0) is 27.6. The highest BCUT2D eigenvalue weighted by atomic mass is 16.4. The second kappa shape index (κ2) is 14.0. The maximum absolute atomic E-state index is 13.1. The summed E-state index contributed by atoms with van der Waals surface area (Å²) in [6, 6.07) is 0.587. The predicted octanol–water partition coefficient (Wildman–Crippen LogP) is -1.30. The summed E-state index contributed by atoms with van der Waals surface area (Å²) in [7, 11) is 0. The van der Waals surface area contributed by atoms with Gasteiger partial charge in [0.15, 0.2) is 0 Å². The van der Waals surface area contributed by atoms with E-state index in [1.807, 2.05) is 0 Å². The lowest BCUT2D eigenvalue weighted by Crippen LogP contribution is -2.59. The lowest BCUT2D eigenvalue weighted by molar-refractivity contribution is -0.143. The molecule has 13 nitrogen and oxygen atoms in total.